The first-order valence-electron chi connectivity index (χ1n) is 6.77. The molecule has 106 valence electrons. The molecule has 0 saturated heterocycles. The van der Waals surface area contributed by atoms with Crippen LogP contribution in [0.5, 0.6) is 0 Å². The van der Waals surface area contributed by atoms with Crippen molar-refractivity contribution in [1.82, 2.24) is 0 Å². The predicted molar refractivity (Wildman–Crippen MR) is 81.9 cm³/mol. The molecular formula is C15H23ClN2O. The van der Waals surface area contributed by atoms with Crippen molar-refractivity contribution in [2.75, 3.05) is 5.32 Å². The van der Waals surface area contributed by atoms with Gasteiger partial charge in [0.05, 0.1) is 10.6 Å². The number of amides is 1. The topological polar surface area (TPSA) is 55.1 Å². The van der Waals surface area contributed by atoms with Gasteiger partial charge in [0.2, 0.25) is 0 Å². The number of halogens is 1. The molecule has 0 aliphatic carbocycles. The molecule has 1 aromatic rings. The van der Waals surface area contributed by atoms with Crippen molar-refractivity contribution >= 4 is 23.2 Å². The highest BCUT2D eigenvalue weighted by molar-refractivity contribution is 6.35. The Bertz CT molecular complexity index is 459. The Morgan fingerprint density at radius 2 is 1.79 bits per heavy atom. The first-order chi connectivity index (χ1) is 8.90. The Labute approximate surface area is 120 Å². The van der Waals surface area contributed by atoms with E-state index in [0.29, 0.717) is 10.6 Å². The quantitative estimate of drug-likeness (QED) is 0.824. The molecule has 0 atom stereocenters. The van der Waals surface area contributed by atoms with Gasteiger partial charge in [-0.25, -0.2) is 0 Å². The van der Waals surface area contributed by atoms with Gasteiger partial charge >= 0.3 is 0 Å². The van der Waals surface area contributed by atoms with Gasteiger partial charge in [0.1, 0.15) is 0 Å². The summed E-state index contributed by atoms with van der Waals surface area (Å²) in [6.45, 7) is 8.28. The Hall–Kier alpha value is -1.22. The van der Waals surface area contributed by atoms with Crippen molar-refractivity contribution in [3.05, 3.63) is 28.3 Å². The normalized spacial score (nSPS) is 11.4. The maximum Gasteiger partial charge on any atom is 0.252 e. The number of nitrogens with two attached hydrogens (primary N) is 1. The van der Waals surface area contributed by atoms with E-state index < -0.39 is 5.91 Å². The van der Waals surface area contributed by atoms with Crippen molar-refractivity contribution in [3.8, 4) is 0 Å². The van der Waals surface area contributed by atoms with Gasteiger partial charge in [0.25, 0.3) is 5.91 Å². The lowest BCUT2D eigenvalue weighted by atomic mass is 9.89. The molecule has 1 rings (SSSR count). The number of carbonyl (C=O) groups excluding carboxylic acids is 1. The third kappa shape index (κ3) is 3.21. The fourth-order valence-electron chi connectivity index (χ4n) is 2.33. The zero-order valence-corrected chi connectivity index (χ0v) is 12.9. The third-order valence-electron chi connectivity index (χ3n) is 4.01. The maximum absolute atomic E-state index is 11.6. The summed E-state index contributed by atoms with van der Waals surface area (Å²) in [6.07, 6.45) is 2.93. The Morgan fingerprint density at radius 3 is 2.21 bits per heavy atom. The Kier molecular flexibility index (Phi) is 5.24. The summed E-state index contributed by atoms with van der Waals surface area (Å²) in [4.78, 5) is 11.6. The lowest BCUT2D eigenvalue weighted by Gasteiger charge is -2.34. The van der Waals surface area contributed by atoms with Crippen molar-refractivity contribution in [2.24, 2.45) is 5.73 Å². The highest BCUT2D eigenvalue weighted by atomic mass is 35.5. The summed E-state index contributed by atoms with van der Waals surface area (Å²) in [5, 5.41) is 3.91. The summed E-state index contributed by atoms with van der Waals surface area (Å²) in [7, 11) is 0. The predicted octanol–water partition coefficient (Wildman–Crippen LogP) is 4.13. The van der Waals surface area contributed by atoms with Crippen LogP contribution in [0.1, 0.15) is 56.0 Å². The van der Waals surface area contributed by atoms with Gasteiger partial charge in [0.15, 0.2) is 0 Å². The second-order valence-corrected chi connectivity index (χ2v) is 5.33. The molecule has 1 amide bonds. The van der Waals surface area contributed by atoms with E-state index in [-0.39, 0.29) is 5.54 Å². The highest BCUT2D eigenvalue weighted by Gasteiger charge is 2.26. The van der Waals surface area contributed by atoms with Crippen LogP contribution in [-0.4, -0.2) is 11.4 Å². The van der Waals surface area contributed by atoms with Crippen LogP contribution >= 0.6 is 11.6 Å². The summed E-state index contributed by atoms with van der Waals surface area (Å²) < 4.78 is 0. The van der Waals surface area contributed by atoms with Gasteiger partial charge in [-0.3, -0.25) is 4.79 Å². The van der Waals surface area contributed by atoms with Gasteiger partial charge in [-0.1, -0.05) is 38.4 Å². The largest absolute Gasteiger partial charge is 0.379 e. The molecule has 0 aliphatic rings. The molecule has 0 aromatic heterocycles. The molecular weight excluding hydrogens is 260 g/mol. The molecule has 3 N–H and O–H groups in total. The molecule has 0 radical (unpaired) electrons. The van der Waals surface area contributed by atoms with E-state index in [2.05, 4.69) is 26.1 Å². The van der Waals surface area contributed by atoms with Gasteiger partial charge < -0.3 is 11.1 Å². The van der Waals surface area contributed by atoms with E-state index in [9.17, 15) is 4.79 Å². The summed E-state index contributed by atoms with van der Waals surface area (Å²) in [5.74, 6) is -0.492. The number of hydrogen-bond donors (Lipinski definition) is 2. The number of nitrogens with one attached hydrogen (secondary N) is 1. The SMILES string of the molecule is CCC(CC)(CC)Nc1ccc(C)c(Cl)c1C(N)=O. The summed E-state index contributed by atoms with van der Waals surface area (Å²) >= 11 is 6.21. The van der Waals surface area contributed by atoms with Crippen LogP contribution in [0.15, 0.2) is 12.1 Å². The maximum atomic E-state index is 11.6. The minimum absolute atomic E-state index is 0.0250. The average molecular weight is 283 g/mol. The number of anilines is 1. The zero-order chi connectivity index (χ0) is 14.6. The van der Waals surface area contributed by atoms with Crippen LogP contribution < -0.4 is 11.1 Å². The number of benzene rings is 1. The highest BCUT2D eigenvalue weighted by Crippen LogP contribution is 2.32. The average Bonchev–Trinajstić information content (AvgIpc) is 2.40. The zero-order valence-electron chi connectivity index (χ0n) is 12.1. The lowest BCUT2D eigenvalue weighted by molar-refractivity contribution is 0.100. The van der Waals surface area contributed by atoms with Crippen molar-refractivity contribution < 1.29 is 4.79 Å². The third-order valence-corrected chi connectivity index (χ3v) is 4.50. The Balaban J connectivity index is 3.28. The van der Waals surface area contributed by atoms with Crippen LogP contribution in [0.2, 0.25) is 5.02 Å². The number of aryl methyl sites for hydroxylation is 1. The summed E-state index contributed by atoms with van der Waals surface area (Å²) in [5.41, 5.74) is 7.42. The molecule has 1 aromatic carbocycles. The fraction of sp³-hybridized carbons (Fsp3) is 0.533. The second-order valence-electron chi connectivity index (χ2n) is 4.95. The molecule has 0 unspecified atom stereocenters. The van der Waals surface area contributed by atoms with E-state index in [4.69, 9.17) is 17.3 Å². The van der Waals surface area contributed by atoms with Crippen LogP contribution in [0, 0.1) is 6.92 Å². The first-order valence-corrected chi connectivity index (χ1v) is 7.15. The molecule has 0 fully saturated rings. The molecule has 4 heteroatoms. The van der Waals surface area contributed by atoms with Crippen molar-refractivity contribution in [2.45, 2.75) is 52.5 Å². The Morgan fingerprint density at radius 1 is 1.26 bits per heavy atom. The van der Waals surface area contributed by atoms with Gasteiger partial charge in [-0.05, 0) is 37.8 Å². The number of primary amides is 1. The minimum Gasteiger partial charge on any atom is -0.379 e. The minimum atomic E-state index is -0.492. The van der Waals surface area contributed by atoms with E-state index in [1.165, 1.54) is 0 Å². The van der Waals surface area contributed by atoms with Crippen molar-refractivity contribution in [1.29, 1.82) is 0 Å². The number of carbonyl (C=O) groups is 1. The molecule has 0 aliphatic heterocycles. The number of rotatable bonds is 6. The van der Waals surface area contributed by atoms with E-state index in [1.54, 1.807) is 0 Å². The van der Waals surface area contributed by atoms with Crippen LogP contribution in [-0.2, 0) is 0 Å². The van der Waals surface area contributed by atoms with Crippen LogP contribution in [0.25, 0.3) is 0 Å². The van der Waals surface area contributed by atoms with E-state index >= 15 is 0 Å². The lowest BCUT2D eigenvalue weighted by Crippen LogP contribution is -2.37. The molecule has 0 heterocycles. The molecule has 3 nitrogen and oxygen atoms in total. The molecule has 19 heavy (non-hydrogen) atoms. The summed E-state index contributed by atoms with van der Waals surface area (Å²) in [6, 6.07) is 3.79. The first kappa shape index (κ1) is 15.8. The van der Waals surface area contributed by atoms with Crippen molar-refractivity contribution in [3.63, 3.8) is 0 Å². The molecule has 0 saturated carbocycles. The van der Waals surface area contributed by atoms with E-state index in [0.717, 1.165) is 30.5 Å². The van der Waals surface area contributed by atoms with Crippen LogP contribution in [0.4, 0.5) is 5.69 Å². The van der Waals surface area contributed by atoms with Crippen LogP contribution in [0.3, 0.4) is 0 Å². The monoisotopic (exact) mass is 282 g/mol. The van der Waals surface area contributed by atoms with Gasteiger partial charge in [-0.15, -0.1) is 0 Å². The molecule has 0 spiro atoms. The number of hydrogen-bond acceptors (Lipinski definition) is 2. The standard InChI is InChI=1S/C15H23ClN2O/c1-5-15(6-2,7-3)18-11-9-8-10(4)13(16)12(11)14(17)19/h8-9,18H,5-7H2,1-4H3,(H2,17,19). The molecule has 0 bridgehead atoms. The van der Waals surface area contributed by atoms with E-state index in [1.807, 2.05) is 19.1 Å². The van der Waals surface area contributed by atoms with Gasteiger partial charge in [0, 0.05) is 11.2 Å². The van der Waals surface area contributed by atoms with Gasteiger partial charge in [-0.2, -0.15) is 0 Å². The smallest absolute Gasteiger partial charge is 0.252 e. The fourth-order valence-corrected chi connectivity index (χ4v) is 2.58. The second kappa shape index (κ2) is 6.29.